The van der Waals surface area contributed by atoms with E-state index in [1.165, 1.54) is 0 Å². The van der Waals surface area contributed by atoms with Crippen LogP contribution in [0.15, 0.2) is 24.3 Å². The van der Waals surface area contributed by atoms with Gasteiger partial charge in [-0.2, -0.15) is 0 Å². The first kappa shape index (κ1) is 28.5. The number of ether oxygens (including phenoxy) is 2. The Morgan fingerprint density at radius 2 is 1.78 bits per heavy atom. The minimum atomic E-state index is -0.924. The summed E-state index contributed by atoms with van der Waals surface area (Å²) < 4.78 is 11.2. The van der Waals surface area contributed by atoms with Crippen molar-refractivity contribution in [3.8, 4) is 5.75 Å². The first-order valence-corrected chi connectivity index (χ1v) is 13.6. The van der Waals surface area contributed by atoms with Crippen molar-refractivity contribution < 1.29 is 24.2 Å². The predicted molar refractivity (Wildman–Crippen MR) is 141 cm³/mol. The number of nitrogens with one attached hydrogen (secondary N) is 1. The Morgan fingerprint density at radius 3 is 2.44 bits per heavy atom. The number of rotatable bonds is 8. The molecule has 0 spiro atoms. The van der Waals surface area contributed by atoms with E-state index in [0.29, 0.717) is 18.7 Å². The highest BCUT2D eigenvalue weighted by Crippen LogP contribution is 2.43. The molecule has 7 heteroatoms. The second kappa shape index (κ2) is 12.0. The van der Waals surface area contributed by atoms with Crippen LogP contribution in [0.2, 0.25) is 0 Å². The van der Waals surface area contributed by atoms with Crippen molar-refractivity contribution >= 4 is 12.1 Å². The highest BCUT2D eigenvalue weighted by Gasteiger charge is 2.41. The van der Waals surface area contributed by atoms with Crippen molar-refractivity contribution in [1.29, 1.82) is 0 Å². The number of aliphatic hydroxyl groups is 1. The van der Waals surface area contributed by atoms with Gasteiger partial charge in [0.2, 0.25) is 0 Å². The molecule has 2 fully saturated rings. The number of alkyl carbamates (subject to hydrolysis) is 1. The fourth-order valence-corrected chi connectivity index (χ4v) is 5.89. The molecule has 3 rings (SSSR count). The van der Waals surface area contributed by atoms with Crippen molar-refractivity contribution in [2.24, 2.45) is 11.3 Å². The molecule has 7 nitrogen and oxygen atoms in total. The Labute approximate surface area is 216 Å². The predicted octanol–water partition coefficient (Wildman–Crippen LogP) is 5.40. The Bertz CT molecular complexity index is 888. The molecule has 0 aliphatic heterocycles. The molecule has 1 amide bonds. The number of carbonyl (C=O) groups excluding carboxylic acids is 2. The van der Waals surface area contributed by atoms with Gasteiger partial charge < -0.3 is 24.8 Å². The maximum atomic E-state index is 13.1. The van der Waals surface area contributed by atoms with Crippen molar-refractivity contribution in [2.75, 3.05) is 27.2 Å². The summed E-state index contributed by atoms with van der Waals surface area (Å²) in [5, 5.41) is 14.6. The van der Waals surface area contributed by atoms with Crippen LogP contribution in [0, 0.1) is 11.3 Å². The van der Waals surface area contributed by atoms with Crippen LogP contribution in [0.1, 0.15) is 90.5 Å². The van der Waals surface area contributed by atoms with Crippen LogP contribution in [0.4, 0.5) is 4.79 Å². The van der Waals surface area contributed by atoms with Crippen LogP contribution in [-0.4, -0.2) is 54.9 Å². The number of esters is 1. The number of hydrogen-bond acceptors (Lipinski definition) is 6. The standard InChI is InChI=1S/C29H46N2O5/c1-27(2,3)36-26(33)30-21-28(15-8-6-9-16-28)19-25(32)35-24-14-11-13-22(18-24)29(34)17-10-7-12-23(29)20-31(4)5/h11,13-14,18,23,34H,6-10,12,15-17,19-21H2,1-5H3,(H,30,33)/t23-,29+/m1/s1. The van der Waals surface area contributed by atoms with Crippen LogP contribution in [0.5, 0.6) is 5.75 Å². The van der Waals surface area contributed by atoms with Crippen molar-refractivity contribution in [3.05, 3.63) is 29.8 Å². The van der Waals surface area contributed by atoms with Gasteiger partial charge in [-0.15, -0.1) is 0 Å². The van der Waals surface area contributed by atoms with Gasteiger partial charge in [-0.3, -0.25) is 4.79 Å². The topological polar surface area (TPSA) is 88.1 Å². The minimum absolute atomic E-state index is 0.136. The Morgan fingerprint density at radius 1 is 1.08 bits per heavy atom. The zero-order valence-corrected chi connectivity index (χ0v) is 22.9. The van der Waals surface area contributed by atoms with Gasteiger partial charge in [-0.05, 0) is 83.7 Å². The summed E-state index contributed by atoms with van der Waals surface area (Å²) >= 11 is 0. The fourth-order valence-electron chi connectivity index (χ4n) is 5.89. The lowest BCUT2D eigenvalue weighted by Gasteiger charge is -2.41. The quantitative estimate of drug-likeness (QED) is 0.366. The summed E-state index contributed by atoms with van der Waals surface area (Å²) in [6, 6.07) is 7.41. The highest BCUT2D eigenvalue weighted by molar-refractivity contribution is 5.73. The maximum Gasteiger partial charge on any atom is 0.407 e. The first-order valence-electron chi connectivity index (χ1n) is 13.6. The summed E-state index contributed by atoms with van der Waals surface area (Å²) in [5.41, 5.74) is -1.00. The van der Waals surface area contributed by atoms with E-state index in [1.54, 1.807) is 6.07 Å². The third-order valence-electron chi connectivity index (χ3n) is 7.63. The van der Waals surface area contributed by atoms with Crippen molar-refractivity contribution in [1.82, 2.24) is 10.2 Å². The fraction of sp³-hybridized carbons (Fsp3) is 0.724. The van der Waals surface area contributed by atoms with Crippen LogP contribution >= 0.6 is 0 Å². The van der Waals surface area contributed by atoms with Gasteiger partial charge in [0.1, 0.15) is 11.4 Å². The van der Waals surface area contributed by atoms with Gasteiger partial charge >= 0.3 is 12.1 Å². The normalized spacial score (nSPS) is 24.2. The van der Waals surface area contributed by atoms with Crippen LogP contribution < -0.4 is 10.1 Å². The summed E-state index contributed by atoms with van der Waals surface area (Å²) in [7, 11) is 4.07. The molecule has 2 N–H and O–H groups in total. The molecule has 1 aromatic carbocycles. The van der Waals surface area contributed by atoms with Crippen molar-refractivity contribution in [2.45, 2.75) is 96.2 Å². The van der Waals surface area contributed by atoms with Gasteiger partial charge in [0, 0.05) is 19.0 Å². The lowest BCUT2D eigenvalue weighted by atomic mass is 9.71. The molecule has 0 saturated heterocycles. The number of hydrogen-bond donors (Lipinski definition) is 2. The second-order valence-electron chi connectivity index (χ2n) is 12.2. The Hall–Kier alpha value is -2.12. The average Bonchev–Trinajstić information content (AvgIpc) is 2.79. The van der Waals surface area contributed by atoms with Gasteiger partial charge in [-0.1, -0.05) is 44.2 Å². The number of amides is 1. The zero-order valence-electron chi connectivity index (χ0n) is 22.9. The zero-order chi connectivity index (χ0) is 26.4. The number of benzene rings is 1. The molecule has 202 valence electrons. The summed E-state index contributed by atoms with van der Waals surface area (Å²) in [6.07, 6.45) is 8.49. The SMILES string of the molecule is CN(C)C[C@H]1CCCC[C@]1(O)c1cccc(OC(=O)CC2(CNC(=O)OC(C)(C)C)CCCCC2)c1. The van der Waals surface area contributed by atoms with E-state index < -0.39 is 17.3 Å². The lowest BCUT2D eigenvalue weighted by Crippen LogP contribution is -2.43. The van der Waals surface area contributed by atoms with E-state index in [4.69, 9.17) is 9.47 Å². The Balaban J connectivity index is 1.68. The van der Waals surface area contributed by atoms with E-state index >= 15 is 0 Å². The third kappa shape index (κ3) is 7.94. The summed E-state index contributed by atoms with van der Waals surface area (Å²) in [6.45, 7) is 6.71. The third-order valence-corrected chi connectivity index (χ3v) is 7.63. The van der Waals surface area contributed by atoms with E-state index in [1.807, 2.05) is 53.1 Å². The molecular weight excluding hydrogens is 456 g/mol. The van der Waals surface area contributed by atoms with Gasteiger partial charge in [0.15, 0.2) is 0 Å². The Kier molecular flexibility index (Phi) is 9.44. The molecule has 36 heavy (non-hydrogen) atoms. The molecule has 1 aromatic rings. The molecule has 2 atom stereocenters. The average molecular weight is 503 g/mol. The van der Waals surface area contributed by atoms with Gasteiger partial charge in [-0.25, -0.2) is 4.79 Å². The van der Waals surface area contributed by atoms with E-state index in [9.17, 15) is 14.7 Å². The van der Waals surface area contributed by atoms with E-state index in [-0.39, 0.29) is 23.7 Å². The summed E-state index contributed by atoms with van der Waals surface area (Å²) in [4.78, 5) is 27.5. The monoisotopic (exact) mass is 502 g/mol. The van der Waals surface area contributed by atoms with E-state index in [0.717, 1.165) is 63.5 Å². The molecule has 2 aliphatic carbocycles. The van der Waals surface area contributed by atoms with Crippen LogP contribution in [0.3, 0.4) is 0 Å². The van der Waals surface area contributed by atoms with Gasteiger partial charge in [0.05, 0.1) is 12.0 Å². The van der Waals surface area contributed by atoms with Crippen LogP contribution in [0.25, 0.3) is 0 Å². The maximum absolute atomic E-state index is 13.1. The lowest BCUT2D eigenvalue weighted by molar-refractivity contribution is -0.137. The minimum Gasteiger partial charge on any atom is -0.444 e. The molecule has 2 aliphatic rings. The van der Waals surface area contributed by atoms with E-state index in [2.05, 4.69) is 10.2 Å². The molecule has 2 saturated carbocycles. The molecular formula is C29H46N2O5. The highest BCUT2D eigenvalue weighted by atomic mass is 16.6. The number of carbonyl (C=O) groups is 2. The molecule has 0 heterocycles. The molecule has 0 bridgehead atoms. The number of nitrogens with zero attached hydrogens (tertiary/aromatic N) is 1. The molecule has 0 radical (unpaired) electrons. The van der Waals surface area contributed by atoms with Gasteiger partial charge in [0.25, 0.3) is 0 Å². The smallest absolute Gasteiger partial charge is 0.407 e. The van der Waals surface area contributed by atoms with Crippen LogP contribution in [-0.2, 0) is 15.1 Å². The summed E-state index contributed by atoms with van der Waals surface area (Å²) in [5.74, 6) is 0.295. The second-order valence-corrected chi connectivity index (χ2v) is 12.2. The largest absolute Gasteiger partial charge is 0.444 e. The van der Waals surface area contributed by atoms with Crippen molar-refractivity contribution in [3.63, 3.8) is 0 Å². The molecule has 0 aromatic heterocycles. The first-order chi connectivity index (χ1) is 16.9. The molecule has 0 unspecified atom stereocenters.